The minimum atomic E-state index is -4.37. The van der Waals surface area contributed by atoms with Gasteiger partial charge in [0.2, 0.25) is 5.91 Å². The van der Waals surface area contributed by atoms with E-state index in [0.29, 0.717) is 0 Å². The maximum atomic E-state index is 11.6. The molecule has 0 aromatic heterocycles. The second-order valence-electron chi connectivity index (χ2n) is 3.56. The van der Waals surface area contributed by atoms with Crippen molar-refractivity contribution >= 4 is 5.91 Å². The fraction of sp³-hybridized carbons (Fsp3) is 0.857. The van der Waals surface area contributed by atoms with Crippen molar-refractivity contribution in [2.45, 2.75) is 32.0 Å². The minimum absolute atomic E-state index is 0.122. The van der Waals surface area contributed by atoms with Gasteiger partial charge in [-0.1, -0.05) is 0 Å². The Morgan fingerprint density at radius 1 is 1.38 bits per heavy atom. The van der Waals surface area contributed by atoms with Crippen LogP contribution in [-0.4, -0.2) is 24.2 Å². The number of nitrogens with one attached hydrogen (secondary N) is 1. The van der Waals surface area contributed by atoms with Crippen molar-refractivity contribution in [2.75, 3.05) is 6.54 Å². The van der Waals surface area contributed by atoms with Crippen molar-refractivity contribution in [1.29, 1.82) is 0 Å². The number of hydrogen-bond donors (Lipinski definition) is 2. The van der Waals surface area contributed by atoms with E-state index in [0.717, 1.165) is 0 Å². The van der Waals surface area contributed by atoms with Gasteiger partial charge in [0.15, 0.2) is 0 Å². The van der Waals surface area contributed by atoms with E-state index < -0.39 is 24.2 Å². The lowest BCUT2D eigenvalue weighted by Crippen LogP contribution is -2.41. The first-order valence-electron chi connectivity index (χ1n) is 3.72. The highest BCUT2D eigenvalue weighted by atomic mass is 19.4. The number of carbonyl (C=O) groups excluding carboxylic acids is 1. The molecular formula is C7H13F3N2O. The fourth-order valence-corrected chi connectivity index (χ4v) is 0.675. The molecule has 0 aromatic carbocycles. The molecule has 78 valence electrons. The third-order valence-corrected chi connectivity index (χ3v) is 1.10. The van der Waals surface area contributed by atoms with E-state index in [-0.39, 0.29) is 6.42 Å². The molecule has 0 atom stereocenters. The highest BCUT2D eigenvalue weighted by Crippen LogP contribution is 2.12. The molecule has 0 spiro atoms. The molecule has 0 fully saturated rings. The van der Waals surface area contributed by atoms with E-state index in [1.807, 2.05) is 0 Å². The van der Waals surface area contributed by atoms with Crippen LogP contribution in [0.15, 0.2) is 0 Å². The molecule has 6 heteroatoms. The summed E-state index contributed by atoms with van der Waals surface area (Å²) >= 11 is 0. The first kappa shape index (κ1) is 12.2. The summed E-state index contributed by atoms with van der Waals surface area (Å²) in [6, 6.07) is 0. The molecule has 3 N–H and O–H groups in total. The Bertz CT molecular complexity index is 183. The van der Waals surface area contributed by atoms with E-state index in [2.05, 4.69) is 0 Å². The lowest BCUT2D eigenvalue weighted by atomic mass is 10.0. The SMILES string of the molecule is CC(C)(N)CC(=O)NCC(F)(F)F. The average molecular weight is 198 g/mol. The second kappa shape index (κ2) is 3.95. The zero-order valence-electron chi connectivity index (χ0n) is 7.53. The van der Waals surface area contributed by atoms with Gasteiger partial charge in [0.05, 0.1) is 0 Å². The number of nitrogens with two attached hydrogens (primary N) is 1. The number of rotatable bonds is 3. The van der Waals surface area contributed by atoms with E-state index in [4.69, 9.17) is 5.73 Å². The maximum Gasteiger partial charge on any atom is 0.405 e. The standard InChI is InChI=1S/C7H13F3N2O/c1-6(2,11)3-5(13)12-4-7(8,9)10/h3-4,11H2,1-2H3,(H,12,13). The quantitative estimate of drug-likeness (QED) is 0.704. The summed E-state index contributed by atoms with van der Waals surface area (Å²) in [4.78, 5) is 10.8. The molecule has 0 heterocycles. The van der Waals surface area contributed by atoms with Gasteiger partial charge in [-0.3, -0.25) is 4.79 Å². The first-order valence-corrected chi connectivity index (χ1v) is 3.72. The Kier molecular flexibility index (Phi) is 3.71. The van der Waals surface area contributed by atoms with Gasteiger partial charge < -0.3 is 11.1 Å². The Labute approximate surface area is 74.5 Å². The molecule has 0 aliphatic heterocycles. The molecule has 0 rings (SSSR count). The normalized spacial score (nSPS) is 12.8. The molecular weight excluding hydrogens is 185 g/mol. The van der Waals surface area contributed by atoms with Gasteiger partial charge in [-0.05, 0) is 13.8 Å². The summed E-state index contributed by atoms with van der Waals surface area (Å²) in [5, 5.41) is 1.74. The average Bonchev–Trinajstić information content (AvgIpc) is 1.78. The van der Waals surface area contributed by atoms with Gasteiger partial charge in [-0.2, -0.15) is 13.2 Å². The van der Waals surface area contributed by atoms with Crippen molar-refractivity contribution < 1.29 is 18.0 Å². The third-order valence-electron chi connectivity index (χ3n) is 1.10. The Morgan fingerprint density at radius 3 is 2.15 bits per heavy atom. The number of carbonyl (C=O) groups is 1. The zero-order valence-corrected chi connectivity index (χ0v) is 7.53. The lowest BCUT2D eigenvalue weighted by Gasteiger charge is -2.17. The van der Waals surface area contributed by atoms with Gasteiger partial charge in [0.25, 0.3) is 0 Å². The molecule has 0 radical (unpaired) electrons. The van der Waals surface area contributed by atoms with Crippen LogP contribution in [0, 0.1) is 0 Å². The van der Waals surface area contributed by atoms with Crippen LogP contribution < -0.4 is 11.1 Å². The molecule has 0 unspecified atom stereocenters. The monoisotopic (exact) mass is 198 g/mol. The Morgan fingerprint density at radius 2 is 1.85 bits per heavy atom. The van der Waals surface area contributed by atoms with Crippen molar-refractivity contribution in [1.82, 2.24) is 5.32 Å². The van der Waals surface area contributed by atoms with Crippen LogP contribution in [0.25, 0.3) is 0 Å². The predicted octanol–water partition coefficient (Wildman–Crippen LogP) is 0.792. The smallest absolute Gasteiger partial charge is 0.347 e. The molecule has 0 saturated carbocycles. The lowest BCUT2D eigenvalue weighted by molar-refractivity contribution is -0.139. The summed E-state index contributed by atoms with van der Waals surface area (Å²) in [6.45, 7) is 1.84. The van der Waals surface area contributed by atoms with Gasteiger partial charge in [-0.15, -0.1) is 0 Å². The largest absolute Gasteiger partial charge is 0.405 e. The summed E-state index contributed by atoms with van der Waals surface area (Å²) in [5.41, 5.74) is 4.65. The molecule has 0 bridgehead atoms. The predicted molar refractivity (Wildman–Crippen MR) is 41.9 cm³/mol. The van der Waals surface area contributed by atoms with Crippen LogP contribution >= 0.6 is 0 Å². The fourth-order valence-electron chi connectivity index (χ4n) is 0.675. The highest BCUT2D eigenvalue weighted by molar-refractivity contribution is 5.77. The van der Waals surface area contributed by atoms with Crippen molar-refractivity contribution in [3.8, 4) is 0 Å². The molecule has 13 heavy (non-hydrogen) atoms. The molecule has 1 amide bonds. The van der Waals surface area contributed by atoms with Gasteiger partial charge in [0.1, 0.15) is 6.54 Å². The number of hydrogen-bond acceptors (Lipinski definition) is 2. The van der Waals surface area contributed by atoms with E-state index in [9.17, 15) is 18.0 Å². The Balaban J connectivity index is 3.78. The topological polar surface area (TPSA) is 55.1 Å². The molecule has 0 saturated heterocycles. The molecule has 0 aromatic rings. The van der Waals surface area contributed by atoms with Crippen LogP contribution in [0.3, 0.4) is 0 Å². The van der Waals surface area contributed by atoms with Gasteiger partial charge in [-0.25, -0.2) is 0 Å². The van der Waals surface area contributed by atoms with E-state index >= 15 is 0 Å². The first-order chi connectivity index (χ1) is 5.60. The van der Waals surface area contributed by atoms with Crippen LogP contribution in [0.5, 0.6) is 0 Å². The third kappa shape index (κ3) is 9.13. The second-order valence-corrected chi connectivity index (χ2v) is 3.56. The van der Waals surface area contributed by atoms with Crippen molar-refractivity contribution in [2.24, 2.45) is 5.73 Å². The van der Waals surface area contributed by atoms with E-state index in [1.54, 1.807) is 19.2 Å². The number of amides is 1. The number of alkyl halides is 3. The number of halogens is 3. The molecule has 3 nitrogen and oxygen atoms in total. The van der Waals surface area contributed by atoms with Crippen LogP contribution in [0.4, 0.5) is 13.2 Å². The van der Waals surface area contributed by atoms with Gasteiger partial charge in [0, 0.05) is 12.0 Å². The van der Waals surface area contributed by atoms with Crippen LogP contribution in [-0.2, 0) is 4.79 Å². The summed E-state index contributed by atoms with van der Waals surface area (Å²) in [7, 11) is 0. The molecule has 0 aliphatic rings. The highest BCUT2D eigenvalue weighted by Gasteiger charge is 2.28. The van der Waals surface area contributed by atoms with E-state index in [1.165, 1.54) is 0 Å². The Hall–Kier alpha value is -0.780. The summed E-state index contributed by atoms with van der Waals surface area (Å²) in [6.07, 6.45) is -4.49. The zero-order chi connectivity index (χ0) is 10.7. The summed E-state index contributed by atoms with van der Waals surface area (Å²) < 4.78 is 34.8. The van der Waals surface area contributed by atoms with Gasteiger partial charge >= 0.3 is 6.18 Å². The van der Waals surface area contributed by atoms with Crippen LogP contribution in [0.1, 0.15) is 20.3 Å². The van der Waals surface area contributed by atoms with Crippen molar-refractivity contribution in [3.63, 3.8) is 0 Å². The van der Waals surface area contributed by atoms with Crippen LogP contribution in [0.2, 0.25) is 0 Å². The van der Waals surface area contributed by atoms with Crippen molar-refractivity contribution in [3.05, 3.63) is 0 Å². The minimum Gasteiger partial charge on any atom is -0.347 e. The molecule has 0 aliphatic carbocycles. The summed E-state index contributed by atoms with van der Waals surface area (Å²) in [5.74, 6) is -0.690. The maximum absolute atomic E-state index is 11.6.